The third-order valence-electron chi connectivity index (χ3n) is 4.93. The number of hydrogen-bond donors (Lipinski definition) is 1. The molecule has 3 aliphatic rings. The van der Waals surface area contributed by atoms with Crippen molar-refractivity contribution >= 4 is 17.5 Å². The SMILES string of the molecule is O=C1CCC(C(=O)N2CCC3(CCCC3)CC2)=NN1. The van der Waals surface area contributed by atoms with Crippen molar-refractivity contribution in [3.05, 3.63) is 0 Å². The predicted molar refractivity (Wildman–Crippen MR) is 71.5 cm³/mol. The second kappa shape index (κ2) is 4.94. The van der Waals surface area contributed by atoms with Crippen LogP contribution >= 0.6 is 0 Å². The average Bonchev–Trinajstić information content (AvgIpc) is 2.88. The molecule has 1 N–H and O–H groups in total. The Morgan fingerprint density at radius 1 is 1.11 bits per heavy atom. The molecule has 3 rings (SSSR count). The Balaban J connectivity index is 1.59. The van der Waals surface area contributed by atoms with Gasteiger partial charge in [0.1, 0.15) is 5.71 Å². The zero-order chi connectivity index (χ0) is 13.3. The number of hydrogen-bond acceptors (Lipinski definition) is 3. The number of piperidine rings is 1. The Morgan fingerprint density at radius 3 is 2.37 bits per heavy atom. The summed E-state index contributed by atoms with van der Waals surface area (Å²) in [7, 11) is 0. The number of rotatable bonds is 1. The Labute approximate surface area is 113 Å². The molecular formula is C14H21N3O2. The molecule has 0 radical (unpaired) electrons. The maximum atomic E-state index is 12.3. The molecule has 0 atom stereocenters. The van der Waals surface area contributed by atoms with E-state index < -0.39 is 0 Å². The predicted octanol–water partition coefficient (Wildman–Crippen LogP) is 1.44. The average molecular weight is 263 g/mol. The van der Waals surface area contributed by atoms with Gasteiger partial charge in [0.25, 0.3) is 5.91 Å². The fourth-order valence-electron chi connectivity index (χ4n) is 3.62. The lowest BCUT2D eigenvalue weighted by atomic mass is 9.77. The summed E-state index contributed by atoms with van der Waals surface area (Å²) in [5.74, 6) is -0.0760. The van der Waals surface area contributed by atoms with E-state index in [4.69, 9.17) is 0 Å². The van der Waals surface area contributed by atoms with Gasteiger partial charge in [-0.15, -0.1) is 0 Å². The largest absolute Gasteiger partial charge is 0.338 e. The lowest BCUT2D eigenvalue weighted by Crippen LogP contribution is -2.46. The van der Waals surface area contributed by atoms with Gasteiger partial charge in [0, 0.05) is 25.9 Å². The second-order valence-corrected chi connectivity index (χ2v) is 6.09. The number of nitrogens with zero attached hydrogens (tertiary/aromatic N) is 2. The fraction of sp³-hybridized carbons (Fsp3) is 0.786. The van der Waals surface area contributed by atoms with Crippen LogP contribution in [0, 0.1) is 5.41 Å². The number of hydrazone groups is 1. The van der Waals surface area contributed by atoms with Gasteiger partial charge in [0.2, 0.25) is 5.91 Å². The zero-order valence-corrected chi connectivity index (χ0v) is 11.3. The van der Waals surface area contributed by atoms with Crippen molar-refractivity contribution < 1.29 is 9.59 Å². The number of carbonyl (C=O) groups is 2. The molecule has 1 saturated heterocycles. The highest BCUT2D eigenvalue weighted by atomic mass is 16.2. The van der Waals surface area contributed by atoms with Gasteiger partial charge in [-0.3, -0.25) is 9.59 Å². The molecule has 19 heavy (non-hydrogen) atoms. The lowest BCUT2D eigenvalue weighted by molar-refractivity contribution is -0.126. The Kier molecular flexibility index (Phi) is 3.29. The summed E-state index contributed by atoms with van der Waals surface area (Å²) in [6.07, 6.45) is 8.52. The molecule has 0 aromatic carbocycles. The van der Waals surface area contributed by atoms with Crippen LogP contribution < -0.4 is 5.43 Å². The van der Waals surface area contributed by atoms with Crippen LogP contribution in [-0.2, 0) is 9.59 Å². The van der Waals surface area contributed by atoms with E-state index in [-0.39, 0.29) is 11.8 Å². The smallest absolute Gasteiger partial charge is 0.270 e. The summed E-state index contributed by atoms with van der Waals surface area (Å²) in [4.78, 5) is 25.3. The molecule has 1 spiro atoms. The quantitative estimate of drug-likeness (QED) is 0.778. The molecule has 1 saturated carbocycles. The number of amides is 2. The standard InChI is InChI=1S/C14H21N3O2/c18-12-4-3-11(15-16-12)13(19)17-9-7-14(8-10-17)5-1-2-6-14/h1-10H2,(H,16,18). The Bertz CT molecular complexity index is 414. The van der Waals surface area contributed by atoms with Crippen LogP contribution in [0.5, 0.6) is 0 Å². The Hall–Kier alpha value is -1.39. The molecule has 2 heterocycles. The van der Waals surface area contributed by atoms with Crippen molar-refractivity contribution in [3.8, 4) is 0 Å². The zero-order valence-electron chi connectivity index (χ0n) is 11.3. The number of likely N-dealkylation sites (tertiary alicyclic amines) is 1. The van der Waals surface area contributed by atoms with E-state index in [9.17, 15) is 9.59 Å². The molecule has 1 aliphatic carbocycles. The van der Waals surface area contributed by atoms with Gasteiger partial charge in [-0.1, -0.05) is 12.8 Å². The molecule has 0 aromatic rings. The van der Waals surface area contributed by atoms with Crippen molar-refractivity contribution in [2.75, 3.05) is 13.1 Å². The molecule has 2 amide bonds. The van der Waals surface area contributed by atoms with Crippen LogP contribution in [-0.4, -0.2) is 35.5 Å². The third-order valence-corrected chi connectivity index (χ3v) is 4.93. The number of nitrogens with one attached hydrogen (secondary N) is 1. The van der Waals surface area contributed by atoms with E-state index in [0.717, 1.165) is 25.9 Å². The molecule has 0 bridgehead atoms. The normalized spacial score (nSPS) is 26.2. The van der Waals surface area contributed by atoms with Crippen LogP contribution in [0.1, 0.15) is 51.4 Å². The van der Waals surface area contributed by atoms with E-state index in [1.165, 1.54) is 25.7 Å². The summed E-state index contributed by atoms with van der Waals surface area (Å²) in [6, 6.07) is 0. The summed E-state index contributed by atoms with van der Waals surface area (Å²) in [5.41, 5.74) is 3.45. The molecule has 104 valence electrons. The first-order chi connectivity index (χ1) is 9.19. The van der Waals surface area contributed by atoms with Crippen LogP contribution in [0.15, 0.2) is 5.10 Å². The van der Waals surface area contributed by atoms with Gasteiger partial charge in [-0.05, 0) is 31.1 Å². The molecular weight excluding hydrogens is 242 g/mol. The van der Waals surface area contributed by atoms with Gasteiger partial charge in [0.05, 0.1) is 0 Å². The molecule has 0 aromatic heterocycles. The summed E-state index contributed by atoms with van der Waals surface area (Å²) in [6.45, 7) is 1.71. The minimum Gasteiger partial charge on any atom is -0.338 e. The van der Waals surface area contributed by atoms with Gasteiger partial charge in [-0.2, -0.15) is 5.10 Å². The molecule has 5 nitrogen and oxygen atoms in total. The maximum Gasteiger partial charge on any atom is 0.270 e. The van der Waals surface area contributed by atoms with Crippen molar-refractivity contribution in [1.82, 2.24) is 10.3 Å². The highest BCUT2D eigenvalue weighted by molar-refractivity contribution is 6.39. The van der Waals surface area contributed by atoms with E-state index in [1.807, 2.05) is 4.90 Å². The monoisotopic (exact) mass is 263 g/mol. The van der Waals surface area contributed by atoms with Gasteiger partial charge in [-0.25, -0.2) is 5.43 Å². The van der Waals surface area contributed by atoms with Crippen LogP contribution in [0.4, 0.5) is 0 Å². The van der Waals surface area contributed by atoms with Crippen LogP contribution in [0.25, 0.3) is 0 Å². The van der Waals surface area contributed by atoms with E-state index in [0.29, 0.717) is 24.0 Å². The fourth-order valence-corrected chi connectivity index (χ4v) is 3.62. The van der Waals surface area contributed by atoms with E-state index >= 15 is 0 Å². The summed E-state index contributed by atoms with van der Waals surface area (Å²) >= 11 is 0. The lowest BCUT2D eigenvalue weighted by Gasteiger charge is -2.39. The van der Waals surface area contributed by atoms with Crippen molar-refractivity contribution in [2.45, 2.75) is 51.4 Å². The van der Waals surface area contributed by atoms with Gasteiger partial charge < -0.3 is 4.90 Å². The maximum absolute atomic E-state index is 12.3. The minimum atomic E-state index is -0.0971. The van der Waals surface area contributed by atoms with Gasteiger partial charge in [0.15, 0.2) is 0 Å². The summed E-state index contributed by atoms with van der Waals surface area (Å²) < 4.78 is 0. The Morgan fingerprint density at radius 2 is 1.79 bits per heavy atom. The first kappa shape index (κ1) is 12.6. The third kappa shape index (κ3) is 2.51. The number of carbonyl (C=O) groups excluding carboxylic acids is 2. The first-order valence-electron chi connectivity index (χ1n) is 7.33. The van der Waals surface area contributed by atoms with Crippen molar-refractivity contribution in [3.63, 3.8) is 0 Å². The van der Waals surface area contributed by atoms with Crippen molar-refractivity contribution in [1.29, 1.82) is 0 Å². The highest BCUT2D eigenvalue weighted by Crippen LogP contribution is 2.46. The van der Waals surface area contributed by atoms with E-state index in [2.05, 4.69) is 10.5 Å². The molecule has 5 heteroatoms. The molecule has 2 fully saturated rings. The molecule has 2 aliphatic heterocycles. The van der Waals surface area contributed by atoms with E-state index in [1.54, 1.807) is 0 Å². The van der Waals surface area contributed by atoms with Crippen LogP contribution in [0.3, 0.4) is 0 Å². The second-order valence-electron chi connectivity index (χ2n) is 6.09. The van der Waals surface area contributed by atoms with Crippen LogP contribution in [0.2, 0.25) is 0 Å². The highest BCUT2D eigenvalue weighted by Gasteiger charge is 2.38. The van der Waals surface area contributed by atoms with Gasteiger partial charge >= 0.3 is 0 Å². The van der Waals surface area contributed by atoms with Crippen molar-refractivity contribution in [2.24, 2.45) is 10.5 Å². The minimum absolute atomic E-state index is 0.0212. The summed E-state index contributed by atoms with van der Waals surface area (Å²) in [5, 5.41) is 3.90. The first-order valence-corrected chi connectivity index (χ1v) is 7.33. The topological polar surface area (TPSA) is 61.8 Å². The molecule has 0 unspecified atom stereocenters.